The van der Waals surface area contributed by atoms with E-state index >= 15 is 0 Å². The molecule has 4 heteroatoms. The van der Waals surface area contributed by atoms with Crippen LogP contribution < -0.4 is 4.74 Å². The van der Waals surface area contributed by atoms with Crippen molar-refractivity contribution in [3.8, 4) is 5.88 Å². The second kappa shape index (κ2) is 4.59. The molecular formula is C11H15NO3. The lowest BCUT2D eigenvalue weighted by molar-refractivity contribution is 0.0915. The van der Waals surface area contributed by atoms with Gasteiger partial charge in [0.25, 0.3) is 0 Å². The molecule has 0 bridgehead atoms. The number of aromatic nitrogens is 1. The first-order valence-electron chi connectivity index (χ1n) is 5.07. The molecule has 2 atom stereocenters. The summed E-state index contributed by atoms with van der Waals surface area (Å²) in [5, 5.41) is 10.0. The maximum atomic E-state index is 10.0. The van der Waals surface area contributed by atoms with E-state index < -0.39 is 6.10 Å². The van der Waals surface area contributed by atoms with Crippen LogP contribution in [-0.2, 0) is 4.74 Å². The zero-order valence-electron chi connectivity index (χ0n) is 8.72. The highest BCUT2D eigenvalue weighted by atomic mass is 16.5. The standard InChI is InChI=1S/C11H15NO3/c1-14-10-3-2-8(6-12-10)11(13)9-4-5-15-7-9/h2-3,6,9,11,13H,4-5,7H2,1H3. The van der Waals surface area contributed by atoms with Crippen LogP contribution in [0.25, 0.3) is 0 Å². The fraction of sp³-hybridized carbons (Fsp3) is 0.545. The third-order valence-electron chi connectivity index (χ3n) is 2.72. The number of hydrogen-bond donors (Lipinski definition) is 1. The molecule has 2 heterocycles. The van der Waals surface area contributed by atoms with Gasteiger partial charge in [0.15, 0.2) is 0 Å². The largest absolute Gasteiger partial charge is 0.481 e. The average Bonchev–Trinajstić information content (AvgIpc) is 2.82. The monoisotopic (exact) mass is 209 g/mol. The second-order valence-corrected chi connectivity index (χ2v) is 3.70. The predicted octanol–water partition coefficient (Wildman–Crippen LogP) is 1.16. The number of rotatable bonds is 3. The van der Waals surface area contributed by atoms with Crippen LogP contribution in [0.2, 0.25) is 0 Å². The van der Waals surface area contributed by atoms with Crippen molar-refractivity contribution in [1.29, 1.82) is 0 Å². The molecule has 0 amide bonds. The summed E-state index contributed by atoms with van der Waals surface area (Å²) in [6.45, 7) is 1.37. The van der Waals surface area contributed by atoms with E-state index in [2.05, 4.69) is 4.98 Å². The first-order chi connectivity index (χ1) is 7.31. The summed E-state index contributed by atoms with van der Waals surface area (Å²) in [6.07, 6.45) is 2.08. The Morgan fingerprint density at radius 2 is 2.47 bits per heavy atom. The summed E-state index contributed by atoms with van der Waals surface area (Å²) in [6, 6.07) is 3.60. The summed E-state index contributed by atoms with van der Waals surface area (Å²) in [5.41, 5.74) is 0.825. The first-order valence-corrected chi connectivity index (χ1v) is 5.07. The molecule has 1 aromatic rings. The fourth-order valence-corrected chi connectivity index (χ4v) is 1.76. The summed E-state index contributed by atoms with van der Waals surface area (Å²) < 4.78 is 10.2. The topological polar surface area (TPSA) is 51.6 Å². The average molecular weight is 209 g/mol. The smallest absolute Gasteiger partial charge is 0.212 e. The van der Waals surface area contributed by atoms with Crippen molar-refractivity contribution in [2.45, 2.75) is 12.5 Å². The van der Waals surface area contributed by atoms with E-state index in [1.165, 1.54) is 0 Å². The fourth-order valence-electron chi connectivity index (χ4n) is 1.76. The maximum Gasteiger partial charge on any atom is 0.212 e. The van der Waals surface area contributed by atoms with Gasteiger partial charge < -0.3 is 14.6 Å². The van der Waals surface area contributed by atoms with E-state index in [1.54, 1.807) is 19.4 Å². The van der Waals surface area contributed by atoms with Crippen LogP contribution in [0.5, 0.6) is 5.88 Å². The number of ether oxygens (including phenoxy) is 2. The van der Waals surface area contributed by atoms with Gasteiger partial charge in [0.05, 0.1) is 19.8 Å². The highest BCUT2D eigenvalue weighted by Gasteiger charge is 2.25. The lowest BCUT2D eigenvalue weighted by Gasteiger charge is -2.16. The number of aliphatic hydroxyl groups excluding tert-OH is 1. The van der Waals surface area contributed by atoms with Crippen LogP contribution in [0.15, 0.2) is 18.3 Å². The van der Waals surface area contributed by atoms with Crippen LogP contribution in [0.3, 0.4) is 0 Å². The van der Waals surface area contributed by atoms with Gasteiger partial charge in [0.1, 0.15) is 0 Å². The van der Waals surface area contributed by atoms with Gasteiger partial charge in [-0.15, -0.1) is 0 Å². The van der Waals surface area contributed by atoms with Crippen LogP contribution >= 0.6 is 0 Å². The minimum absolute atomic E-state index is 0.195. The van der Waals surface area contributed by atoms with E-state index in [9.17, 15) is 5.11 Å². The van der Waals surface area contributed by atoms with E-state index in [-0.39, 0.29) is 5.92 Å². The Bertz CT molecular complexity index is 306. The molecule has 4 nitrogen and oxygen atoms in total. The Morgan fingerprint density at radius 1 is 1.60 bits per heavy atom. The number of hydrogen-bond acceptors (Lipinski definition) is 4. The molecule has 2 unspecified atom stereocenters. The van der Waals surface area contributed by atoms with Gasteiger partial charge in [-0.05, 0) is 18.1 Å². The Kier molecular flexibility index (Phi) is 3.18. The van der Waals surface area contributed by atoms with Crippen LogP contribution in [-0.4, -0.2) is 30.4 Å². The molecular weight excluding hydrogens is 194 g/mol. The van der Waals surface area contributed by atoms with E-state index in [0.29, 0.717) is 12.5 Å². The zero-order chi connectivity index (χ0) is 10.7. The van der Waals surface area contributed by atoms with E-state index in [0.717, 1.165) is 18.6 Å². The minimum atomic E-state index is -0.481. The predicted molar refractivity (Wildman–Crippen MR) is 54.7 cm³/mol. The lowest BCUT2D eigenvalue weighted by Crippen LogP contribution is -2.12. The Labute approximate surface area is 88.9 Å². The summed E-state index contributed by atoms with van der Waals surface area (Å²) in [7, 11) is 1.57. The van der Waals surface area contributed by atoms with Crippen LogP contribution in [0, 0.1) is 5.92 Å². The molecule has 0 saturated carbocycles. The van der Waals surface area contributed by atoms with Crippen LogP contribution in [0.4, 0.5) is 0 Å². The SMILES string of the molecule is COc1ccc(C(O)C2CCOC2)cn1. The first kappa shape index (κ1) is 10.4. The Balaban J connectivity index is 2.07. The molecule has 0 aliphatic carbocycles. The van der Waals surface area contributed by atoms with Crippen molar-refractivity contribution < 1.29 is 14.6 Å². The van der Waals surface area contributed by atoms with Gasteiger partial charge in [-0.3, -0.25) is 0 Å². The van der Waals surface area contributed by atoms with Crippen molar-refractivity contribution in [3.05, 3.63) is 23.9 Å². The zero-order valence-corrected chi connectivity index (χ0v) is 8.72. The van der Waals surface area contributed by atoms with Gasteiger partial charge in [-0.1, -0.05) is 0 Å². The molecule has 0 spiro atoms. The molecule has 1 saturated heterocycles. The number of methoxy groups -OCH3 is 1. The molecule has 2 rings (SSSR count). The molecule has 1 fully saturated rings. The van der Waals surface area contributed by atoms with Crippen LogP contribution in [0.1, 0.15) is 18.1 Å². The quantitative estimate of drug-likeness (QED) is 0.811. The van der Waals surface area contributed by atoms with Crippen molar-refractivity contribution in [2.24, 2.45) is 5.92 Å². The third kappa shape index (κ3) is 2.27. The summed E-state index contributed by atoms with van der Waals surface area (Å²) in [5.74, 6) is 0.758. The van der Waals surface area contributed by atoms with Crippen molar-refractivity contribution in [2.75, 3.05) is 20.3 Å². The van der Waals surface area contributed by atoms with Crippen molar-refractivity contribution in [3.63, 3.8) is 0 Å². The van der Waals surface area contributed by atoms with Gasteiger partial charge in [0, 0.05) is 24.8 Å². The molecule has 82 valence electrons. The molecule has 1 N–H and O–H groups in total. The van der Waals surface area contributed by atoms with Gasteiger partial charge in [-0.2, -0.15) is 0 Å². The minimum Gasteiger partial charge on any atom is -0.481 e. The Morgan fingerprint density at radius 3 is 3.00 bits per heavy atom. The highest BCUT2D eigenvalue weighted by Crippen LogP contribution is 2.28. The normalized spacial score (nSPS) is 22.7. The second-order valence-electron chi connectivity index (χ2n) is 3.70. The molecule has 15 heavy (non-hydrogen) atoms. The lowest BCUT2D eigenvalue weighted by atomic mass is 9.96. The molecule has 1 aliphatic rings. The Hall–Kier alpha value is -1.13. The van der Waals surface area contributed by atoms with E-state index in [1.807, 2.05) is 6.07 Å². The molecule has 1 aliphatic heterocycles. The number of aliphatic hydroxyl groups is 1. The molecule has 0 aromatic carbocycles. The third-order valence-corrected chi connectivity index (χ3v) is 2.72. The number of nitrogens with zero attached hydrogens (tertiary/aromatic N) is 1. The maximum absolute atomic E-state index is 10.0. The molecule has 1 aromatic heterocycles. The van der Waals surface area contributed by atoms with Crippen molar-refractivity contribution in [1.82, 2.24) is 4.98 Å². The summed E-state index contributed by atoms with van der Waals surface area (Å²) in [4.78, 5) is 4.07. The van der Waals surface area contributed by atoms with Gasteiger partial charge in [-0.25, -0.2) is 4.98 Å². The van der Waals surface area contributed by atoms with Gasteiger partial charge in [0.2, 0.25) is 5.88 Å². The highest BCUT2D eigenvalue weighted by molar-refractivity contribution is 5.20. The number of pyridine rings is 1. The molecule has 0 radical (unpaired) electrons. The van der Waals surface area contributed by atoms with Gasteiger partial charge >= 0.3 is 0 Å². The van der Waals surface area contributed by atoms with Crippen molar-refractivity contribution >= 4 is 0 Å². The van der Waals surface area contributed by atoms with E-state index in [4.69, 9.17) is 9.47 Å². The summed E-state index contributed by atoms with van der Waals surface area (Å²) >= 11 is 0.